The number of amides is 3. The van der Waals surface area contributed by atoms with Crippen molar-refractivity contribution in [3.63, 3.8) is 0 Å². The molecular weight excluding hydrogens is 440 g/mol. The first-order chi connectivity index (χ1) is 14.9. The summed E-state index contributed by atoms with van der Waals surface area (Å²) >= 11 is 7.18. The van der Waals surface area contributed by atoms with Crippen LogP contribution in [-0.2, 0) is 9.53 Å². The number of halogens is 1. The maximum absolute atomic E-state index is 12.4. The maximum atomic E-state index is 12.4. The molecule has 2 aromatic heterocycles. The monoisotopic (exact) mass is 460 g/mol. The number of carbonyl (C=O) groups is 3. The van der Waals surface area contributed by atoms with Crippen molar-refractivity contribution < 1.29 is 19.1 Å². The number of hydrogen-bond donors (Lipinski definition) is 2. The van der Waals surface area contributed by atoms with E-state index in [1.165, 1.54) is 11.3 Å². The molecule has 1 saturated carbocycles. The molecule has 1 aliphatic rings. The highest BCUT2D eigenvalue weighted by Gasteiger charge is 2.21. The summed E-state index contributed by atoms with van der Waals surface area (Å²) in [6.07, 6.45) is 3.96. The second-order valence-corrected chi connectivity index (χ2v) is 8.85. The van der Waals surface area contributed by atoms with E-state index in [4.69, 9.17) is 16.3 Å². The van der Waals surface area contributed by atoms with Gasteiger partial charge in [-0.25, -0.2) is 14.3 Å². The van der Waals surface area contributed by atoms with Crippen LogP contribution in [0, 0.1) is 6.92 Å². The van der Waals surface area contributed by atoms with Gasteiger partial charge in [-0.3, -0.25) is 10.1 Å². The fourth-order valence-electron chi connectivity index (χ4n) is 3.56. The number of nitrogens with zero attached hydrogens (tertiary/aromatic N) is 2. The molecule has 0 spiro atoms. The van der Waals surface area contributed by atoms with E-state index in [-0.39, 0.29) is 6.04 Å². The van der Waals surface area contributed by atoms with Gasteiger partial charge in [-0.15, -0.1) is 11.3 Å². The fraction of sp³-hybridized carbons (Fsp3) is 0.333. The minimum absolute atomic E-state index is 0.0948. The minimum Gasteiger partial charge on any atom is -0.451 e. The molecule has 0 atom stereocenters. The number of fused-ring (bicyclic) bond motifs is 1. The van der Waals surface area contributed by atoms with Crippen molar-refractivity contribution in [2.24, 2.45) is 0 Å². The number of carbonyl (C=O) groups excluding carboxylic acids is 3. The Balaban J connectivity index is 1.39. The molecule has 1 fully saturated rings. The average molecular weight is 461 g/mol. The number of hydrogen-bond acceptors (Lipinski definition) is 6. The third-order valence-corrected chi connectivity index (χ3v) is 6.44. The lowest BCUT2D eigenvalue weighted by Crippen LogP contribution is -2.44. The molecule has 0 saturated heterocycles. The van der Waals surface area contributed by atoms with Crippen LogP contribution in [-0.4, -0.2) is 40.3 Å². The molecule has 4 rings (SSSR count). The summed E-state index contributed by atoms with van der Waals surface area (Å²) < 4.78 is 6.83. The van der Waals surface area contributed by atoms with Crippen molar-refractivity contribution in [1.82, 2.24) is 20.4 Å². The summed E-state index contributed by atoms with van der Waals surface area (Å²) in [5.41, 5.74) is 1.58. The molecule has 0 radical (unpaired) electrons. The van der Waals surface area contributed by atoms with Crippen LogP contribution in [0.3, 0.4) is 0 Å². The molecule has 3 aromatic rings. The van der Waals surface area contributed by atoms with E-state index in [9.17, 15) is 14.4 Å². The SMILES string of the molecule is Cc1nn(-c2ccc(Cl)cc2)c2sc(C(=O)OCC(=O)NC(=O)NC3CCCC3)cc12. The topological polar surface area (TPSA) is 102 Å². The van der Waals surface area contributed by atoms with Crippen LogP contribution in [0.25, 0.3) is 15.9 Å². The lowest BCUT2D eigenvalue weighted by Gasteiger charge is -2.12. The molecule has 0 bridgehead atoms. The molecule has 10 heteroatoms. The Kier molecular flexibility index (Phi) is 6.24. The number of aromatic nitrogens is 2. The average Bonchev–Trinajstić information content (AvgIpc) is 3.46. The molecule has 1 aromatic carbocycles. The van der Waals surface area contributed by atoms with E-state index in [0.717, 1.165) is 47.3 Å². The first-order valence-electron chi connectivity index (χ1n) is 9.93. The molecular formula is C21H21ClN4O4S. The molecule has 162 valence electrons. The Labute approximate surface area is 187 Å². The predicted octanol–water partition coefficient (Wildman–Crippen LogP) is 3.97. The van der Waals surface area contributed by atoms with Crippen LogP contribution in [0.1, 0.15) is 41.0 Å². The highest BCUT2D eigenvalue weighted by atomic mass is 35.5. The van der Waals surface area contributed by atoms with Crippen LogP contribution in [0.5, 0.6) is 0 Å². The third-order valence-electron chi connectivity index (χ3n) is 5.09. The number of thiophene rings is 1. The van der Waals surface area contributed by atoms with Crippen molar-refractivity contribution in [3.05, 3.63) is 45.9 Å². The van der Waals surface area contributed by atoms with Gasteiger partial charge in [-0.1, -0.05) is 24.4 Å². The van der Waals surface area contributed by atoms with Gasteiger partial charge < -0.3 is 10.1 Å². The quantitative estimate of drug-likeness (QED) is 0.561. The van der Waals surface area contributed by atoms with E-state index >= 15 is 0 Å². The van der Waals surface area contributed by atoms with E-state index < -0.39 is 24.5 Å². The fourth-order valence-corrected chi connectivity index (χ4v) is 4.76. The summed E-state index contributed by atoms with van der Waals surface area (Å²) in [5, 5.41) is 10.9. The van der Waals surface area contributed by atoms with Crippen molar-refractivity contribution in [3.8, 4) is 5.69 Å². The molecule has 2 N–H and O–H groups in total. The van der Waals surface area contributed by atoms with Gasteiger partial charge in [0.25, 0.3) is 5.91 Å². The smallest absolute Gasteiger partial charge is 0.348 e. The van der Waals surface area contributed by atoms with E-state index in [2.05, 4.69) is 15.7 Å². The second kappa shape index (κ2) is 9.07. The van der Waals surface area contributed by atoms with Gasteiger partial charge in [0, 0.05) is 16.5 Å². The summed E-state index contributed by atoms with van der Waals surface area (Å²) in [6.45, 7) is 1.32. The zero-order valence-electron chi connectivity index (χ0n) is 16.8. The lowest BCUT2D eigenvalue weighted by atomic mass is 10.2. The number of aryl methyl sites for hydroxylation is 1. The van der Waals surface area contributed by atoms with Crippen LogP contribution < -0.4 is 10.6 Å². The second-order valence-electron chi connectivity index (χ2n) is 7.38. The molecule has 31 heavy (non-hydrogen) atoms. The van der Waals surface area contributed by atoms with Crippen molar-refractivity contribution >= 4 is 51.1 Å². The Morgan fingerprint density at radius 1 is 1.23 bits per heavy atom. The summed E-state index contributed by atoms with van der Waals surface area (Å²) in [6, 6.07) is 8.45. The zero-order chi connectivity index (χ0) is 22.0. The zero-order valence-corrected chi connectivity index (χ0v) is 18.4. The summed E-state index contributed by atoms with van der Waals surface area (Å²) in [4.78, 5) is 37.4. The van der Waals surface area contributed by atoms with Gasteiger partial charge in [-0.05, 0) is 50.1 Å². The van der Waals surface area contributed by atoms with Gasteiger partial charge in [0.05, 0.1) is 11.4 Å². The van der Waals surface area contributed by atoms with E-state index in [1.54, 1.807) is 22.9 Å². The van der Waals surface area contributed by atoms with Crippen LogP contribution in [0.4, 0.5) is 4.79 Å². The normalized spacial score (nSPS) is 14.0. The molecule has 1 aliphatic carbocycles. The van der Waals surface area contributed by atoms with Gasteiger partial charge in [-0.2, -0.15) is 5.10 Å². The van der Waals surface area contributed by atoms with Crippen LogP contribution in [0.2, 0.25) is 5.02 Å². The third kappa shape index (κ3) is 4.88. The Morgan fingerprint density at radius 2 is 1.94 bits per heavy atom. The van der Waals surface area contributed by atoms with Crippen LogP contribution in [0.15, 0.2) is 30.3 Å². The standard InChI is InChI=1S/C21H21ClN4O4S/c1-12-16-10-17(31-19(16)26(25-12)15-8-6-13(22)7-9-15)20(28)30-11-18(27)24-21(29)23-14-4-2-3-5-14/h6-10,14H,2-5,11H2,1H3,(H2,23,24,27,29). The highest BCUT2D eigenvalue weighted by molar-refractivity contribution is 7.20. The first kappa shape index (κ1) is 21.3. The van der Waals surface area contributed by atoms with E-state index in [0.29, 0.717) is 9.90 Å². The highest BCUT2D eigenvalue weighted by Crippen LogP contribution is 2.31. The molecule has 0 unspecified atom stereocenters. The largest absolute Gasteiger partial charge is 0.451 e. The Bertz CT molecular complexity index is 1130. The van der Waals surface area contributed by atoms with Gasteiger partial charge in [0.15, 0.2) is 6.61 Å². The number of imide groups is 1. The van der Waals surface area contributed by atoms with Crippen LogP contribution >= 0.6 is 22.9 Å². The number of ether oxygens (including phenoxy) is 1. The molecule has 8 nitrogen and oxygen atoms in total. The summed E-state index contributed by atoms with van der Waals surface area (Å²) in [7, 11) is 0. The number of esters is 1. The minimum atomic E-state index is -0.673. The van der Waals surface area contributed by atoms with Crippen molar-refractivity contribution in [2.75, 3.05) is 6.61 Å². The maximum Gasteiger partial charge on any atom is 0.348 e. The first-order valence-corrected chi connectivity index (χ1v) is 11.1. The van der Waals surface area contributed by atoms with Gasteiger partial charge >= 0.3 is 12.0 Å². The van der Waals surface area contributed by atoms with Gasteiger partial charge in [0.1, 0.15) is 9.71 Å². The lowest BCUT2D eigenvalue weighted by molar-refractivity contribution is -0.123. The predicted molar refractivity (Wildman–Crippen MR) is 118 cm³/mol. The summed E-state index contributed by atoms with van der Waals surface area (Å²) in [5.74, 6) is -1.30. The molecule has 0 aliphatic heterocycles. The number of urea groups is 1. The van der Waals surface area contributed by atoms with Crippen molar-refractivity contribution in [2.45, 2.75) is 38.6 Å². The number of nitrogens with one attached hydrogen (secondary N) is 2. The number of benzene rings is 1. The Hall–Kier alpha value is -2.91. The molecule has 2 heterocycles. The van der Waals surface area contributed by atoms with Crippen molar-refractivity contribution in [1.29, 1.82) is 0 Å². The molecule has 3 amide bonds. The van der Waals surface area contributed by atoms with E-state index in [1.807, 2.05) is 19.1 Å². The van der Waals surface area contributed by atoms with Gasteiger partial charge in [0.2, 0.25) is 0 Å². The Morgan fingerprint density at radius 3 is 2.65 bits per heavy atom. The number of rotatable bonds is 5.